The fourth-order valence-corrected chi connectivity index (χ4v) is 2.97. The van der Waals surface area contributed by atoms with Gasteiger partial charge < -0.3 is 14.5 Å². The highest BCUT2D eigenvalue weighted by Gasteiger charge is 2.22. The smallest absolute Gasteiger partial charge is 0.228 e. The maximum absolute atomic E-state index is 13.2. The quantitative estimate of drug-likeness (QED) is 0.835. The summed E-state index contributed by atoms with van der Waals surface area (Å²) in [5.41, 5.74) is 0.779. The summed E-state index contributed by atoms with van der Waals surface area (Å²) in [6, 6.07) is 9.72. The van der Waals surface area contributed by atoms with E-state index in [1.54, 1.807) is 24.5 Å². The fourth-order valence-electron chi connectivity index (χ4n) is 2.97. The summed E-state index contributed by atoms with van der Waals surface area (Å²) in [6.07, 6.45) is 2.04. The molecule has 1 unspecified atom stereocenters. The third-order valence-corrected chi connectivity index (χ3v) is 4.41. The Morgan fingerprint density at radius 1 is 1.20 bits per heavy atom. The van der Waals surface area contributed by atoms with Crippen LogP contribution in [-0.4, -0.2) is 50.2 Å². The zero-order chi connectivity index (χ0) is 17.5. The highest BCUT2D eigenvalue weighted by molar-refractivity contribution is 5.83. The predicted octanol–water partition coefficient (Wildman–Crippen LogP) is 2.19. The molecular weight excluding hydrogens is 323 g/mol. The third kappa shape index (κ3) is 5.14. The molecule has 0 spiro atoms. The van der Waals surface area contributed by atoms with Crippen molar-refractivity contribution in [1.82, 2.24) is 10.2 Å². The molecule has 0 aliphatic carbocycles. The fraction of sp³-hybridized carbons (Fsp3) is 0.421. The molecule has 0 saturated carbocycles. The van der Waals surface area contributed by atoms with Crippen LogP contribution in [0.1, 0.15) is 17.2 Å². The number of nitrogens with one attached hydrogen (secondary N) is 1. The second-order valence-corrected chi connectivity index (χ2v) is 6.13. The predicted molar refractivity (Wildman–Crippen MR) is 91.8 cm³/mol. The average molecular weight is 346 g/mol. The minimum absolute atomic E-state index is 0.0729. The van der Waals surface area contributed by atoms with Crippen LogP contribution in [0.3, 0.4) is 0 Å². The second kappa shape index (κ2) is 8.78. The molecule has 6 heteroatoms. The van der Waals surface area contributed by atoms with Gasteiger partial charge in [-0.05, 0) is 29.8 Å². The summed E-state index contributed by atoms with van der Waals surface area (Å²) >= 11 is 0. The van der Waals surface area contributed by atoms with Gasteiger partial charge >= 0.3 is 0 Å². The molecule has 1 aliphatic heterocycles. The van der Waals surface area contributed by atoms with Gasteiger partial charge in [-0.25, -0.2) is 4.39 Å². The topological polar surface area (TPSA) is 54.7 Å². The Labute approximate surface area is 146 Å². The van der Waals surface area contributed by atoms with E-state index in [0.29, 0.717) is 13.0 Å². The number of hydrogen-bond donors (Lipinski definition) is 1. The molecule has 1 aromatic heterocycles. The van der Waals surface area contributed by atoms with Crippen LogP contribution < -0.4 is 5.32 Å². The van der Waals surface area contributed by atoms with Gasteiger partial charge in [0, 0.05) is 32.6 Å². The van der Waals surface area contributed by atoms with Crippen molar-refractivity contribution in [3.8, 4) is 0 Å². The van der Waals surface area contributed by atoms with E-state index in [9.17, 15) is 9.18 Å². The molecule has 1 aromatic carbocycles. The Kier molecular flexibility index (Phi) is 6.19. The van der Waals surface area contributed by atoms with Gasteiger partial charge in [-0.1, -0.05) is 12.1 Å². The van der Waals surface area contributed by atoms with Crippen molar-refractivity contribution in [1.29, 1.82) is 0 Å². The van der Waals surface area contributed by atoms with E-state index in [1.807, 2.05) is 6.07 Å². The van der Waals surface area contributed by atoms with Crippen molar-refractivity contribution in [3.63, 3.8) is 0 Å². The first-order chi connectivity index (χ1) is 12.2. The molecule has 2 aromatic rings. The summed E-state index contributed by atoms with van der Waals surface area (Å²) in [7, 11) is 0. The van der Waals surface area contributed by atoms with Crippen LogP contribution in [-0.2, 0) is 16.0 Å². The SMILES string of the molecule is O=C(NCCN1CCOCC1)C(Cc1ccco1)c1ccc(F)cc1. The van der Waals surface area contributed by atoms with Crippen molar-refractivity contribution >= 4 is 5.91 Å². The number of carbonyl (C=O) groups is 1. The second-order valence-electron chi connectivity index (χ2n) is 6.13. The monoisotopic (exact) mass is 346 g/mol. The molecule has 5 nitrogen and oxygen atoms in total. The van der Waals surface area contributed by atoms with E-state index < -0.39 is 5.92 Å². The lowest BCUT2D eigenvalue weighted by Gasteiger charge is -2.26. The molecule has 1 aliphatic rings. The molecule has 1 atom stereocenters. The Hall–Kier alpha value is -2.18. The van der Waals surface area contributed by atoms with Crippen LogP contribution >= 0.6 is 0 Å². The summed E-state index contributed by atoms with van der Waals surface area (Å²) in [5.74, 6) is -0.0569. The maximum Gasteiger partial charge on any atom is 0.228 e. The highest BCUT2D eigenvalue weighted by Crippen LogP contribution is 2.22. The van der Waals surface area contributed by atoms with Crippen LogP contribution in [0.2, 0.25) is 0 Å². The number of amides is 1. The molecular formula is C19H23FN2O3. The van der Waals surface area contributed by atoms with Gasteiger partial charge in [-0.3, -0.25) is 9.69 Å². The first kappa shape index (κ1) is 17.6. The molecule has 25 heavy (non-hydrogen) atoms. The van der Waals surface area contributed by atoms with E-state index in [0.717, 1.165) is 44.2 Å². The number of hydrogen-bond acceptors (Lipinski definition) is 4. The van der Waals surface area contributed by atoms with Gasteiger partial charge in [0.25, 0.3) is 0 Å². The number of nitrogens with zero attached hydrogens (tertiary/aromatic N) is 1. The Bertz CT molecular complexity index is 652. The summed E-state index contributed by atoms with van der Waals surface area (Å²) in [5, 5.41) is 3.00. The largest absolute Gasteiger partial charge is 0.469 e. The zero-order valence-corrected chi connectivity index (χ0v) is 14.1. The van der Waals surface area contributed by atoms with Crippen molar-refractivity contribution < 1.29 is 18.3 Å². The van der Waals surface area contributed by atoms with E-state index in [-0.39, 0.29) is 11.7 Å². The van der Waals surface area contributed by atoms with Crippen molar-refractivity contribution in [2.75, 3.05) is 39.4 Å². The van der Waals surface area contributed by atoms with E-state index in [4.69, 9.17) is 9.15 Å². The normalized spacial score (nSPS) is 16.5. The minimum atomic E-state index is -0.406. The van der Waals surface area contributed by atoms with Gasteiger partial charge in [0.2, 0.25) is 5.91 Å². The number of benzene rings is 1. The lowest BCUT2D eigenvalue weighted by molar-refractivity contribution is -0.122. The number of rotatable bonds is 7. The zero-order valence-electron chi connectivity index (χ0n) is 14.1. The van der Waals surface area contributed by atoms with E-state index in [2.05, 4.69) is 10.2 Å². The first-order valence-electron chi connectivity index (χ1n) is 8.58. The van der Waals surface area contributed by atoms with Crippen molar-refractivity contribution in [3.05, 3.63) is 59.8 Å². The minimum Gasteiger partial charge on any atom is -0.469 e. The molecule has 1 saturated heterocycles. The summed E-state index contributed by atoms with van der Waals surface area (Å²) < 4.78 is 23.9. The van der Waals surface area contributed by atoms with Crippen LogP contribution in [0.4, 0.5) is 4.39 Å². The first-order valence-corrected chi connectivity index (χ1v) is 8.58. The molecule has 0 bridgehead atoms. The van der Waals surface area contributed by atoms with E-state index in [1.165, 1.54) is 12.1 Å². The third-order valence-electron chi connectivity index (χ3n) is 4.41. The molecule has 0 radical (unpaired) electrons. The maximum atomic E-state index is 13.2. The standard InChI is InChI=1S/C19H23FN2O3/c20-16-5-3-15(4-6-16)18(14-17-2-1-11-25-17)19(23)21-7-8-22-9-12-24-13-10-22/h1-6,11,18H,7-10,12-14H2,(H,21,23). The van der Waals surface area contributed by atoms with Gasteiger partial charge in [0.1, 0.15) is 11.6 Å². The van der Waals surface area contributed by atoms with Gasteiger partial charge in [0.15, 0.2) is 0 Å². The molecule has 3 rings (SSSR count). The lowest BCUT2D eigenvalue weighted by Crippen LogP contribution is -2.42. The number of carbonyl (C=O) groups excluding carboxylic acids is 1. The summed E-state index contributed by atoms with van der Waals surface area (Å²) in [6.45, 7) is 4.64. The van der Waals surface area contributed by atoms with Gasteiger partial charge in [-0.15, -0.1) is 0 Å². The number of halogens is 1. The Morgan fingerprint density at radius 3 is 2.64 bits per heavy atom. The Morgan fingerprint density at radius 2 is 1.96 bits per heavy atom. The molecule has 1 N–H and O–H groups in total. The lowest BCUT2D eigenvalue weighted by atomic mass is 9.93. The number of ether oxygens (including phenoxy) is 1. The highest BCUT2D eigenvalue weighted by atomic mass is 19.1. The van der Waals surface area contributed by atoms with E-state index >= 15 is 0 Å². The molecule has 134 valence electrons. The van der Waals surface area contributed by atoms with Gasteiger partial charge in [0.05, 0.1) is 25.4 Å². The Balaban J connectivity index is 1.61. The average Bonchev–Trinajstić information content (AvgIpc) is 3.15. The molecule has 2 heterocycles. The van der Waals surface area contributed by atoms with Crippen LogP contribution in [0.25, 0.3) is 0 Å². The van der Waals surface area contributed by atoms with Crippen LogP contribution in [0, 0.1) is 5.82 Å². The van der Waals surface area contributed by atoms with Crippen LogP contribution in [0.5, 0.6) is 0 Å². The molecule has 1 fully saturated rings. The molecule has 1 amide bonds. The van der Waals surface area contributed by atoms with Gasteiger partial charge in [-0.2, -0.15) is 0 Å². The summed E-state index contributed by atoms with van der Waals surface area (Å²) in [4.78, 5) is 15.0. The van der Waals surface area contributed by atoms with Crippen molar-refractivity contribution in [2.24, 2.45) is 0 Å². The number of furan rings is 1. The van der Waals surface area contributed by atoms with Crippen LogP contribution in [0.15, 0.2) is 47.1 Å². The van der Waals surface area contributed by atoms with Crippen molar-refractivity contribution in [2.45, 2.75) is 12.3 Å². The number of morpholine rings is 1.